The number of nitrogens with one attached hydrogen (secondary N) is 2. The molecule has 1 aromatic rings. The highest BCUT2D eigenvalue weighted by Gasteiger charge is 2.18. The maximum Gasteiger partial charge on any atom is 0.273 e. The van der Waals surface area contributed by atoms with Crippen molar-refractivity contribution < 1.29 is 4.79 Å². The van der Waals surface area contributed by atoms with E-state index < -0.39 is 0 Å². The average molecular weight is 316 g/mol. The molecule has 2 heterocycles. The summed E-state index contributed by atoms with van der Waals surface area (Å²) in [4.78, 5) is 12.0. The lowest BCUT2D eigenvalue weighted by Gasteiger charge is -2.22. The largest absolute Gasteiger partial charge is 0.350 e. The molecule has 0 spiro atoms. The van der Waals surface area contributed by atoms with Crippen LogP contribution in [0.4, 0.5) is 0 Å². The number of carbonyl (C=O) groups is 1. The summed E-state index contributed by atoms with van der Waals surface area (Å²) in [6.45, 7) is 7.01. The predicted molar refractivity (Wildman–Crippen MR) is 84.8 cm³/mol. The molecule has 1 aliphatic rings. The number of amides is 1. The van der Waals surface area contributed by atoms with E-state index >= 15 is 0 Å². The van der Waals surface area contributed by atoms with E-state index in [1.807, 2.05) is 4.68 Å². The lowest BCUT2D eigenvalue weighted by molar-refractivity contribution is 0.0941. The molecule has 0 aromatic carbocycles. The molecule has 0 bridgehead atoms. The van der Waals surface area contributed by atoms with Gasteiger partial charge in [-0.15, -0.1) is 17.5 Å². The summed E-state index contributed by atoms with van der Waals surface area (Å²) in [5, 5.41) is 14.4. The third-order valence-corrected chi connectivity index (χ3v) is 4.13. The van der Waals surface area contributed by atoms with Crippen molar-refractivity contribution in [2.75, 3.05) is 19.6 Å². The standard InChI is InChI=1S/C14H25N5O.ClH/c1-3-11(4-2)9-16-14(20)13-10-19(18-17-13)12-5-7-15-8-6-12;/h10-12,15H,3-9H2,1-2H3,(H,16,20);1H. The maximum atomic E-state index is 12.0. The molecule has 120 valence electrons. The van der Waals surface area contributed by atoms with Gasteiger partial charge < -0.3 is 10.6 Å². The van der Waals surface area contributed by atoms with Gasteiger partial charge in [-0.1, -0.05) is 31.9 Å². The van der Waals surface area contributed by atoms with Crippen molar-refractivity contribution in [3.63, 3.8) is 0 Å². The minimum absolute atomic E-state index is 0. The fourth-order valence-electron chi connectivity index (χ4n) is 2.54. The van der Waals surface area contributed by atoms with Gasteiger partial charge in [0, 0.05) is 6.54 Å². The van der Waals surface area contributed by atoms with Crippen LogP contribution in [0.25, 0.3) is 0 Å². The number of aromatic nitrogens is 3. The Morgan fingerprint density at radius 3 is 2.71 bits per heavy atom. The van der Waals surface area contributed by atoms with Gasteiger partial charge in [-0.2, -0.15) is 0 Å². The van der Waals surface area contributed by atoms with Crippen molar-refractivity contribution in [1.29, 1.82) is 0 Å². The molecular formula is C14H26ClN5O. The van der Waals surface area contributed by atoms with E-state index in [4.69, 9.17) is 0 Å². The van der Waals surface area contributed by atoms with Gasteiger partial charge in [0.1, 0.15) is 0 Å². The second-order valence-corrected chi connectivity index (χ2v) is 5.46. The zero-order valence-corrected chi connectivity index (χ0v) is 13.7. The van der Waals surface area contributed by atoms with E-state index in [-0.39, 0.29) is 18.3 Å². The highest BCUT2D eigenvalue weighted by atomic mass is 35.5. The number of piperidine rings is 1. The number of halogens is 1. The molecule has 1 amide bonds. The SMILES string of the molecule is CCC(CC)CNC(=O)c1cn(C2CCNCC2)nn1.Cl. The Morgan fingerprint density at radius 1 is 1.43 bits per heavy atom. The van der Waals surface area contributed by atoms with Crippen LogP contribution in [0.2, 0.25) is 0 Å². The van der Waals surface area contributed by atoms with Crippen molar-refractivity contribution in [2.24, 2.45) is 5.92 Å². The normalized spacial score (nSPS) is 15.8. The van der Waals surface area contributed by atoms with Crippen molar-refractivity contribution in [3.8, 4) is 0 Å². The van der Waals surface area contributed by atoms with Gasteiger partial charge in [-0.25, -0.2) is 4.68 Å². The second kappa shape index (κ2) is 9.00. The molecule has 2 N–H and O–H groups in total. The van der Waals surface area contributed by atoms with Gasteiger partial charge in [0.2, 0.25) is 0 Å². The lowest BCUT2D eigenvalue weighted by atomic mass is 10.0. The minimum Gasteiger partial charge on any atom is -0.350 e. The van der Waals surface area contributed by atoms with Gasteiger partial charge in [-0.05, 0) is 31.8 Å². The van der Waals surface area contributed by atoms with Crippen LogP contribution in [-0.2, 0) is 0 Å². The third-order valence-electron chi connectivity index (χ3n) is 4.13. The number of hydrogen-bond acceptors (Lipinski definition) is 4. The lowest BCUT2D eigenvalue weighted by Crippen LogP contribution is -2.30. The van der Waals surface area contributed by atoms with E-state index in [1.165, 1.54) is 0 Å². The molecule has 1 aromatic heterocycles. The molecule has 6 nitrogen and oxygen atoms in total. The maximum absolute atomic E-state index is 12.0. The Labute approximate surface area is 132 Å². The highest BCUT2D eigenvalue weighted by molar-refractivity contribution is 5.91. The molecule has 0 aliphatic carbocycles. The first-order valence-corrected chi connectivity index (χ1v) is 7.65. The van der Waals surface area contributed by atoms with Crippen LogP contribution >= 0.6 is 12.4 Å². The van der Waals surface area contributed by atoms with E-state index in [0.717, 1.165) is 38.8 Å². The molecular weight excluding hydrogens is 290 g/mol. The number of carbonyl (C=O) groups excluding carboxylic acids is 1. The zero-order chi connectivity index (χ0) is 14.4. The topological polar surface area (TPSA) is 71.8 Å². The molecule has 7 heteroatoms. The number of rotatable bonds is 6. The fourth-order valence-corrected chi connectivity index (χ4v) is 2.54. The summed E-state index contributed by atoms with van der Waals surface area (Å²) in [6, 6.07) is 0.365. The van der Waals surface area contributed by atoms with E-state index in [9.17, 15) is 4.79 Å². The van der Waals surface area contributed by atoms with Gasteiger partial charge in [0.15, 0.2) is 5.69 Å². The van der Waals surface area contributed by atoms with Crippen molar-refractivity contribution in [2.45, 2.75) is 45.6 Å². The second-order valence-electron chi connectivity index (χ2n) is 5.46. The first-order chi connectivity index (χ1) is 9.74. The summed E-state index contributed by atoms with van der Waals surface area (Å²) in [7, 11) is 0. The summed E-state index contributed by atoms with van der Waals surface area (Å²) in [5.74, 6) is 0.426. The summed E-state index contributed by atoms with van der Waals surface area (Å²) in [5.41, 5.74) is 0.425. The van der Waals surface area contributed by atoms with Crippen LogP contribution in [0.5, 0.6) is 0 Å². The molecule has 0 atom stereocenters. The predicted octanol–water partition coefficient (Wildman–Crippen LogP) is 1.79. The average Bonchev–Trinajstić information content (AvgIpc) is 2.99. The van der Waals surface area contributed by atoms with Crippen molar-refractivity contribution in [1.82, 2.24) is 25.6 Å². The molecule has 1 fully saturated rings. The summed E-state index contributed by atoms with van der Waals surface area (Å²) >= 11 is 0. The molecule has 21 heavy (non-hydrogen) atoms. The van der Waals surface area contributed by atoms with Crippen molar-refractivity contribution in [3.05, 3.63) is 11.9 Å². The monoisotopic (exact) mass is 315 g/mol. The van der Waals surface area contributed by atoms with Gasteiger partial charge in [-0.3, -0.25) is 4.79 Å². The van der Waals surface area contributed by atoms with Crippen LogP contribution in [0.15, 0.2) is 6.20 Å². The molecule has 0 radical (unpaired) electrons. The van der Waals surface area contributed by atoms with Crippen LogP contribution in [0.3, 0.4) is 0 Å². The molecule has 1 saturated heterocycles. The summed E-state index contributed by atoms with van der Waals surface area (Å²) < 4.78 is 1.84. The molecule has 0 unspecified atom stereocenters. The van der Waals surface area contributed by atoms with Gasteiger partial charge in [0.05, 0.1) is 12.2 Å². The van der Waals surface area contributed by atoms with Gasteiger partial charge in [0.25, 0.3) is 5.91 Å². The smallest absolute Gasteiger partial charge is 0.273 e. The summed E-state index contributed by atoms with van der Waals surface area (Å²) in [6.07, 6.45) is 6.02. The van der Waals surface area contributed by atoms with Crippen LogP contribution in [0, 0.1) is 5.92 Å². The van der Waals surface area contributed by atoms with Crippen LogP contribution in [0.1, 0.15) is 56.1 Å². The molecule has 1 aliphatic heterocycles. The molecule has 2 rings (SSSR count). The Balaban J connectivity index is 0.00000220. The van der Waals surface area contributed by atoms with Gasteiger partial charge >= 0.3 is 0 Å². The van der Waals surface area contributed by atoms with Crippen LogP contribution in [-0.4, -0.2) is 40.5 Å². The van der Waals surface area contributed by atoms with Crippen molar-refractivity contribution >= 4 is 18.3 Å². The first kappa shape index (κ1) is 17.9. The quantitative estimate of drug-likeness (QED) is 0.839. The van der Waals surface area contributed by atoms with E-state index in [2.05, 4.69) is 34.8 Å². The Morgan fingerprint density at radius 2 is 2.10 bits per heavy atom. The fraction of sp³-hybridized carbons (Fsp3) is 0.786. The Bertz CT molecular complexity index is 427. The minimum atomic E-state index is -0.114. The zero-order valence-electron chi connectivity index (χ0n) is 12.8. The Hall–Kier alpha value is -1.14. The van der Waals surface area contributed by atoms with E-state index in [0.29, 0.717) is 24.2 Å². The van der Waals surface area contributed by atoms with Crippen LogP contribution < -0.4 is 10.6 Å². The Kier molecular flexibility index (Phi) is 7.67. The number of nitrogens with zero attached hydrogens (tertiary/aromatic N) is 3. The first-order valence-electron chi connectivity index (χ1n) is 7.65. The van der Waals surface area contributed by atoms with E-state index in [1.54, 1.807) is 6.20 Å². The number of hydrogen-bond donors (Lipinski definition) is 2. The highest BCUT2D eigenvalue weighted by Crippen LogP contribution is 2.17. The third kappa shape index (κ3) is 4.97. The molecule has 0 saturated carbocycles.